The molecule has 0 saturated carbocycles. The first-order chi connectivity index (χ1) is 10.5. The second-order valence-corrected chi connectivity index (χ2v) is 5.56. The number of quaternary nitrogens is 1. The van der Waals surface area contributed by atoms with Gasteiger partial charge in [-0.05, 0) is 6.07 Å². The summed E-state index contributed by atoms with van der Waals surface area (Å²) >= 11 is 0. The van der Waals surface area contributed by atoms with Gasteiger partial charge in [-0.25, -0.2) is 14.4 Å². The fourth-order valence-corrected chi connectivity index (χ4v) is 2.63. The summed E-state index contributed by atoms with van der Waals surface area (Å²) in [6, 6.07) is 2.90. The van der Waals surface area contributed by atoms with Crippen molar-refractivity contribution in [2.24, 2.45) is 5.73 Å². The van der Waals surface area contributed by atoms with Crippen LogP contribution in [0.25, 0.3) is 11.0 Å². The molecule has 0 spiro atoms. The molecule has 1 aromatic heterocycles. The average Bonchev–Trinajstić information content (AvgIpc) is 2.47. The van der Waals surface area contributed by atoms with Gasteiger partial charge < -0.3 is 21.3 Å². The number of aromatic nitrogens is 2. The first kappa shape index (κ1) is 14.5. The molecule has 2 aromatic rings. The topological polar surface area (TPSA) is 103 Å². The summed E-state index contributed by atoms with van der Waals surface area (Å²) in [5, 5.41) is 0. The Kier molecular flexibility index (Phi) is 3.53. The van der Waals surface area contributed by atoms with E-state index in [1.165, 1.54) is 11.0 Å². The molecule has 1 aromatic carbocycles. The van der Waals surface area contributed by atoms with E-state index in [0.717, 1.165) is 26.2 Å². The number of nitrogens with two attached hydrogens (primary N) is 2. The van der Waals surface area contributed by atoms with Gasteiger partial charge in [0, 0.05) is 6.07 Å². The maximum absolute atomic E-state index is 14.4. The maximum atomic E-state index is 14.4. The second-order valence-electron chi connectivity index (χ2n) is 5.56. The fraction of sp³-hybridized carbons (Fsp3) is 0.357. The van der Waals surface area contributed by atoms with Crippen molar-refractivity contribution >= 4 is 28.4 Å². The minimum atomic E-state index is -0.779. The van der Waals surface area contributed by atoms with Gasteiger partial charge in [0.1, 0.15) is 5.82 Å². The SMILES string of the molecule is C[NH+]1CCN(c2cc3nc(N)c(C(N)=O)nc3cc2F)CC1. The number of fused-ring (bicyclic) bond motifs is 1. The number of hydrogen-bond acceptors (Lipinski definition) is 5. The van der Waals surface area contributed by atoms with Crippen molar-refractivity contribution in [2.75, 3.05) is 43.9 Å². The Hall–Kier alpha value is -2.48. The highest BCUT2D eigenvalue weighted by atomic mass is 19.1. The largest absolute Gasteiger partial charge is 0.382 e. The number of nitrogens with zero attached hydrogens (tertiary/aromatic N) is 3. The van der Waals surface area contributed by atoms with E-state index < -0.39 is 5.91 Å². The Labute approximate surface area is 126 Å². The highest BCUT2D eigenvalue weighted by Crippen LogP contribution is 2.25. The summed E-state index contributed by atoms with van der Waals surface area (Å²) in [6.07, 6.45) is 0. The predicted molar refractivity (Wildman–Crippen MR) is 81.3 cm³/mol. The molecular formula is C14H18FN6O+. The number of benzene rings is 1. The number of carbonyl (C=O) groups is 1. The van der Waals surface area contributed by atoms with E-state index in [9.17, 15) is 9.18 Å². The second kappa shape index (κ2) is 5.38. The molecular weight excluding hydrogens is 287 g/mol. The molecule has 1 amide bonds. The van der Waals surface area contributed by atoms with E-state index in [-0.39, 0.29) is 22.8 Å². The summed E-state index contributed by atoms with van der Waals surface area (Å²) in [4.78, 5) is 22.8. The van der Waals surface area contributed by atoms with Crippen molar-refractivity contribution in [1.82, 2.24) is 9.97 Å². The first-order valence-electron chi connectivity index (χ1n) is 7.08. The molecule has 116 valence electrons. The molecule has 0 atom stereocenters. The lowest BCUT2D eigenvalue weighted by Crippen LogP contribution is -3.12. The number of hydrogen-bond donors (Lipinski definition) is 3. The molecule has 1 fully saturated rings. The first-order valence-corrected chi connectivity index (χ1v) is 7.08. The molecule has 8 heteroatoms. The molecule has 3 rings (SSSR count). The summed E-state index contributed by atoms with van der Waals surface area (Å²) in [5.74, 6) is -1.21. The Morgan fingerprint density at radius 3 is 2.55 bits per heavy atom. The number of primary amides is 1. The summed E-state index contributed by atoms with van der Waals surface area (Å²) in [7, 11) is 2.12. The number of nitrogen functional groups attached to an aromatic ring is 1. The van der Waals surface area contributed by atoms with Crippen LogP contribution < -0.4 is 21.3 Å². The van der Waals surface area contributed by atoms with Crippen LogP contribution in [0.4, 0.5) is 15.9 Å². The van der Waals surface area contributed by atoms with Crippen LogP contribution in [0.5, 0.6) is 0 Å². The smallest absolute Gasteiger partial charge is 0.271 e. The lowest BCUT2D eigenvalue weighted by atomic mass is 10.2. The lowest BCUT2D eigenvalue weighted by Gasteiger charge is -2.32. The lowest BCUT2D eigenvalue weighted by molar-refractivity contribution is -0.880. The van der Waals surface area contributed by atoms with Crippen molar-refractivity contribution < 1.29 is 14.1 Å². The molecule has 0 radical (unpaired) electrons. The molecule has 1 saturated heterocycles. The Morgan fingerprint density at radius 1 is 1.27 bits per heavy atom. The van der Waals surface area contributed by atoms with Gasteiger partial charge in [-0.2, -0.15) is 0 Å². The number of nitrogens with one attached hydrogen (secondary N) is 1. The van der Waals surface area contributed by atoms with Gasteiger partial charge in [-0.1, -0.05) is 0 Å². The minimum Gasteiger partial charge on any atom is -0.382 e. The molecule has 22 heavy (non-hydrogen) atoms. The molecule has 7 nitrogen and oxygen atoms in total. The van der Waals surface area contributed by atoms with Crippen LogP contribution in [0.1, 0.15) is 10.5 Å². The summed E-state index contributed by atoms with van der Waals surface area (Å²) < 4.78 is 14.4. The molecule has 0 bridgehead atoms. The number of carbonyl (C=O) groups excluding carboxylic acids is 1. The van der Waals surface area contributed by atoms with Crippen LogP contribution in [0, 0.1) is 5.82 Å². The number of piperazine rings is 1. The summed E-state index contributed by atoms with van der Waals surface area (Å²) in [6.45, 7) is 3.45. The Bertz CT molecular complexity index is 742. The van der Waals surface area contributed by atoms with Gasteiger partial charge in [0.2, 0.25) is 0 Å². The van der Waals surface area contributed by atoms with Gasteiger partial charge in [0.05, 0.1) is 49.9 Å². The van der Waals surface area contributed by atoms with E-state index in [1.807, 2.05) is 4.90 Å². The van der Waals surface area contributed by atoms with Crippen LogP contribution in [0.3, 0.4) is 0 Å². The molecule has 2 heterocycles. The number of likely N-dealkylation sites (N-methyl/N-ethyl adjacent to an activating group) is 1. The van der Waals surface area contributed by atoms with Crippen LogP contribution in [-0.2, 0) is 0 Å². The third-order valence-corrected chi connectivity index (χ3v) is 3.95. The van der Waals surface area contributed by atoms with E-state index in [2.05, 4.69) is 17.0 Å². The van der Waals surface area contributed by atoms with Crippen LogP contribution >= 0.6 is 0 Å². The highest BCUT2D eigenvalue weighted by Gasteiger charge is 2.21. The van der Waals surface area contributed by atoms with Crippen molar-refractivity contribution in [3.05, 3.63) is 23.6 Å². The number of rotatable bonds is 2. The maximum Gasteiger partial charge on any atom is 0.271 e. The zero-order valence-corrected chi connectivity index (χ0v) is 12.3. The van der Waals surface area contributed by atoms with Gasteiger partial charge in [-0.15, -0.1) is 0 Å². The van der Waals surface area contributed by atoms with E-state index >= 15 is 0 Å². The number of halogens is 1. The third-order valence-electron chi connectivity index (χ3n) is 3.95. The monoisotopic (exact) mass is 305 g/mol. The number of anilines is 2. The van der Waals surface area contributed by atoms with Crippen LogP contribution in [-0.4, -0.2) is 49.1 Å². The van der Waals surface area contributed by atoms with Crippen molar-refractivity contribution in [3.8, 4) is 0 Å². The van der Waals surface area contributed by atoms with Crippen molar-refractivity contribution in [3.63, 3.8) is 0 Å². The molecule has 1 aliphatic heterocycles. The average molecular weight is 305 g/mol. The van der Waals surface area contributed by atoms with Gasteiger partial charge in [0.15, 0.2) is 11.5 Å². The van der Waals surface area contributed by atoms with E-state index in [4.69, 9.17) is 11.5 Å². The van der Waals surface area contributed by atoms with Crippen molar-refractivity contribution in [1.29, 1.82) is 0 Å². The minimum absolute atomic E-state index is 0.0413. The zero-order valence-electron chi connectivity index (χ0n) is 12.3. The zero-order chi connectivity index (χ0) is 15.9. The predicted octanol–water partition coefficient (Wildman–Crippen LogP) is -1.22. The molecule has 0 aliphatic carbocycles. The quantitative estimate of drug-likeness (QED) is 0.646. The van der Waals surface area contributed by atoms with Crippen LogP contribution in [0.15, 0.2) is 12.1 Å². The number of amides is 1. The summed E-state index contributed by atoms with van der Waals surface area (Å²) in [5.41, 5.74) is 11.9. The molecule has 0 unspecified atom stereocenters. The normalized spacial score (nSPS) is 16.2. The van der Waals surface area contributed by atoms with E-state index in [0.29, 0.717) is 11.2 Å². The van der Waals surface area contributed by atoms with Gasteiger partial charge in [-0.3, -0.25) is 4.79 Å². The van der Waals surface area contributed by atoms with Crippen LogP contribution in [0.2, 0.25) is 0 Å². The standard InChI is InChI=1S/C14H17FN6O/c1-20-2-4-21(5-3-20)11-7-10-9(6-8(11)15)18-12(14(17)22)13(16)19-10/h6-7H,2-5H2,1H3,(H2,16,19)(H2,17,22)/p+1. The highest BCUT2D eigenvalue weighted by molar-refractivity contribution is 5.97. The van der Waals surface area contributed by atoms with Gasteiger partial charge in [0.25, 0.3) is 5.91 Å². The molecule has 5 N–H and O–H groups in total. The molecule has 1 aliphatic rings. The third kappa shape index (κ3) is 2.52. The van der Waals surface area contributed by atoms with E-state index in [1.54, 1.807) is 6.07 Å². The van der Waals surface area contributed by atoms with Gasteiger partial charge >= 0.3 is 0 Å². The van der Waals surface area contributed by atoms with Crippen molar-refractivity contribution in [2.45, 2.75) is 0 Å². The Morgan fingerprint density at radius 2 is 1.91 bits per heavy atom. The Balaban J connectivity index is 2.05. The fourth-order valence-electron chi connectivity index (χ4n) is 2.63.